The number of aliphatic hydroxyl groups excluding tert-OH is 1. The zero-order chi connectivity index (χ0) is 13.1. The van der Waals surface area contributed by atoms with Crippen molar-refractivity contribution in [1.29, 1.82) is 0 Å². The molecule has 0 atom stereocenters. The molecule has 0 aliphatic carbocycles. The van der Waals surface area contributed by atoms with Crippen LogP contribution in [-0.2, 0) is 6.54 Å². The first kappa shape index (κ1) is 13.9. The van der Waals surface area contributed by atoms with E-state index in [4.69, 9.17) is 16.7 Å². The van der Waals surface area contributed by atoms with E-state index >= 15 is 0 Å². The number of nitro groups is 1. The molecule has 0 saturated heterocycles. The fraction of sp³-hybridized carbons (Fsp3) is 0.455. The van der Waals surface area contributed by atoms with Crippen molar-refractivity contribution >= 4 is 17.3 Å². The van der Waals surface area contributed by atoms with Crippen LogP contribution in [0.5, 0.6) is 0 Å². The molecule has 1 aromatic carbocycles. The summed E-state index contributed by atoms with van der Waals surface area (Å²) in [4.78, 5) is 10.4. The number of halogens is 1. The Balaban J connectivity index is 2.89. The number of hydrogen-bond acceptors (Lipinski definition) is 4. The van der Waals surface area contributed by atoms with Crippen LogP contribution in [0.15, 0.2) is 18.2 Å². The highest BCUT2D eigenvalue weighted by atomic mass is 35.5. The predicted octanol–water partition coefficient (Wildman–Crippen LogP) is 2.11. The van der Waals surface area contributed by atoms with Gasteiger partial charge in [0.15, 0.2) is 0 Å². The lowest BCUT2D eigenvalue weighted by molar-refractivity contribution is -0.385. The normalized spacial score (nSPS) is 11.5. The van der Waals surface area contributed by atoms with Gasteiger partial charge in [-0.15, -0.1) is 0 Å². The Morgan fingerprint density at radius 3 is 2.71 bits per heavy atom. The zero-order valence-electron chi connectivity index (χ0n) is 9.74. The number of rotatable bonds is 5. The largest absolute Gasteiger partial charge is 0.394 e. The topological polar surface area (TPSA) is 75.4 Å². The number of benzene rings is 1. The minimum Gasteiger partial charge on any atom is -0.394 e. The fourth-order valence-corrected chi connectivity index (χ4v) is 1.46. The van der Waals surface area contributed by atoms with Crippen molar-refractivity contribution in [2.24, 2.45) is 0 Å². The van der Waals surface area contributed by atoms with E-state index in [1.54, 1.807) is 6.07 Å². The number of nitro benzene ring substituents is 1. The van der Waals surface area contributed by atoms with Crippen molar-refractivity contribution < 1.29 is 10.0 Å². The molecule has 0 amide bonds. The molecule has 0 radical (unpaired) electrons. The quantitative estimate of drug-likeness (QED) is 0.627. The highest BCUT2D eigenvalue weighted by molar-refractivity contribution is 6.30. The standard InChI is InChI=1S/C11H15ClN2O3/c1-11(2,7-15)13-6-8-5-9(12)3-4-10(8)14(16)17/h3-5,13,15H,6-7H2,1-2H3. The summed E-state index contributed by atoms with van der Waals surface area (Å²) in [6.45, 7) is 3.85. The van der Waals surface area contributed by atoms with Gasteiger partial charge in [-0.05, 0) is 26.0 Å². The lowest BCUT2D eigenvalue weighted by Crippen LogP contribution is -2.42. The second-order valence-corrected chi connectivity index (χ2v) is 4.86. The van der Waals surface area contributed by atoms with Crippen LogP contribution < -0.4 is 5.32 Å². The highest BCUT2D eigenvalue weighted by Gasteiger charge is 2.19. The molecule has 0 spiro atoms. The summed E-state index contributed by atoms with van der Waals surface area (Å²) < 4.78 is 0. The third-order valence-electron chi connectivity index (χ3n) is 2.39. The van der Waals surface area contributed by atoms with E-state index in [0.29, 0.717) is 10.6 Å². The van der Waals surface area contributed by atoms with Crippen LogP contribution in [-0.4, -0.2) is 22.2 Å². The average molecular weight is 259 g/mol. The molecule has 0 bridgehead atoms. The number of aliphatic hydroxyl groups is 1. The first-order chi connectivity index (χ1) is 7.85. The Bertz CT molecular complexity index is 421. The molecular formula is C11H15ClN2O3. The molecule has 0 unspecified atom stereocenters. The van der Waals surface area contributed by atoms with Crippen LogP contribution >= 0.6 is 11.6 Å². The smallest absolute Gasteiger partial charge is 0.273 e. The molecule has 17 heavy (non-hydrogen) atoms. The minimum atomic E-state index is -0.490. The fourth-order valence-electron chi connectivity index (χ4n) is 1.26. The maximum atomic E-state index is 10.8. The monoisotopic (exact) mass is 258 g/mol. The van der Waals surface area contributed by atoms with E-state index < -0.39 is 10.5 Å². The molecule has 0 saturated carbocycles. The summed E-state index contributed by atoms with van der Waals surface area (Å²) in [5.41, 5.74) is 0.0376. The number of nitrogens with zero attached hydrogens (tertiary/aromatic N) is 1. The van der Waals surface area contributed by atoms with Crippen molar-refractivity contribution in [2.75, 3.05) is 6.61 Å². The second kappa shape index (κ2) is 5.44. The SMILES string of the molecule is CC(C)(CO)NCc1cc(Cl)ccc1[N+](=O)[O-]. The molecule has 1 rings (SSSR count). The third kappa shape index (κ3) is 3.96. The Morgan fingerprint density at radius 2 is 2.18 bits per heavy atom. The summed E-state index contributed by atoms with van der Waals surface area (Å²) in [6, 6.07) is 4.42. The molecular weight excluding hydrogens is 244 g/mol. The molecule has 0 aliphatic rings. The van der Waals surface area contributed by atoms with E-state index in [0.717, 1.165) is 0 Å². The van der Waals surface area contributed by atoms with Crippen molar-refractivity contribution in [3.8, 4) is 0 Å². The first-order valence-electron chi connectivity index (χ1n) is 5.14. The van der Waals surface area contributed by atoms with Crippen molar-refractivity contribution in [3.05, 3.63) is 38.9 Å². The maximum Gasteiger partial charge on any atom is 0.273 e. The first-order valence-corrected chi connectivity index (χ1v) is 5.52. The van der Waals surface area contributed by atoms with Crippen molar-refractivity contribution in [2.45, 2.75) is 25.9 Å². The van der Waals surface area contributed by atoms with E-state index in [1.807, 2.05) is 13.8 Å². The van der Waals surface area contributed by atoms with E-state index in [1.165, 1.54) is 12.1 Å². The Labute approximate surface area is 105 Å². The molecule has 6 heteroatoms. The third-order valence-corrected chi connectivity index (χ3v) is 2.63. The molecule has 0 heterocycles. The minimum absolute atomic E-state index is 0.0237. The van der Waals surface area contributed by atoms with E-state index in [9.17, 15) is 10.1 Å². The van der Waals surface area contributed by atoms with Gasteiger partial charge in [0, 0.05) is 28.7 Å². The maximum absolute atomic E-state index is 10.8. The zero-order valence-corrected chi connectivity index (χ0v) is 10.5. The molecule has 2 N–H and O–H groups in total. The van der Waals surface area contributed by atoms with Gasteiger partial charge >= 0.3 is 0 Å². The summed E-state index contributed by atoms with van der Waals surface area (Å²) in [7, 11) is 0. The van der Waals surface area contributed by atoms with Gasteiger partial charge in [0.2, 0.25) is 0 Å². The van der Waals surface area contributed by atoms with Crippen LogP contribution in [0.3, 0.4) is 0 Å². The predicted molar refractivity (Wildman–Crippen MR) is 66.1 cm³/mol. The van der Waals surface area contributed by atoms with Gasteiger partial charge in [-0.3, -0.25) is 10.1 Å². The molecule has 0 aromatic heterocycles. The van der Waals surface area contributed by atoms with Crippen LogP contribution in [0.4, 0.5) is 5.69 Å². The van der Waals surface area contributed by atoms with Crippen LogP contribution in [0, 0.1) is 10.1 Å². The van der Waals surface area contributed by atoms with E-state index in [-0.39, 0.29) is 18.8 Å². The second-order valence-electron chi connectivity index (χ2n) is 4.43. The summed E-state index contributed by atoms with van der Waals surface area (Å²) >= 11 is 5.81. The van der Waals surface area contributed by atoms with Gasteiger partial charge in [0.1, 0.15) is 0 Å². The molecule has 0 fully saturated rings. The summed E-state index contributed by atoms with van der Waals surface area (Å²) in [5, 5.41) is 23.4. The van der Waals surface area contributed by atoms with Gasteiger partial charge in [0.25, 0.3) is 5.69 Å². The molecule has 94 valence electrons. The van der Waals surface area contributed by atoms with Crippen LogP contribution in [0.25, 0.3) is 0 Å². The van der Waals surface area contributed by atoms with Crippen LogP contribution in [0.2, 0.25) is 5.02 Å². The van der Waals surface area contributed by atoms with Gasteiger partial charge in [-0.25, -0.2) is 0 Å². The van der Waals surface area contributed by atoms with Gasteiger partial charge in [-0.2, -0.15) is 0 Å². The molecule has 1 aromatic rings. The van der Waals surface area contributed by atoms with Crippen LogP contribution in [0.1, 0.15) is 19.4 Å². The Kier molecular flexibility index (Phi) is 4.45. The lowest BCUT2D eigenvalue weighted by atomic mass is 10.1. The van der Waals surface area contributed by atoms with Gasteiger partial charge < -0.3 is 10.4 Å². The Morgan fingerprint density at radius 1 is 1.53 bits per heavy atom. The van der Waals surface area contributed by atoms with Gasteiger partial charge in [0.05, 0.1) is 11.5 Å². The Hall–Kier alpha value is -1.17. The summed E-state index contributed by atoms with van der Waals surface area (Å²) in [6.07, 6.45) is 0. The van der Waals surface area contributed by atoms with Crippen molar-refractivity contribution in [3.63, 3.8) is 0 Å². The highest BCUT2D eigenvalue weighted by Crippen LogP contribution is 2.23. The lowest BCUT2D eigenvalue weighted by Gasteiger charge is -2.23. The number of hydrogen-bond donors (Lipinski definition) is 2. The number of nitrogens with one attached hydrogen (secondary N) is 1. The van der Waals surface area contributed by atoms with Gasteiger partial charge in [-0.1, -0.05) is 11.6 Å². The van der Waals surface area contributed by atoms with Crippen molar-refractivity contribution in [1.82, 2.24) is 5.32 Å². The molecule has 0 aliphatic heterocycles. The van der Waals surface area contributed by atoms with E-state index in [2.05, 4.69) is 5.32 Å². The summed E-state index contributed by atoms with van der Waals surface area (Å²) in [5.74, 6) is 0. The molecule has 5 nitrogen and oxygen atoms in total. The average Bonchev–Trinajstić information content (AvgIpc) is 2.26.